The van der Waals surface area contributed by atoms with E-state index in [-0.39, 0.29) is 24.3 Å². The molecule has 0 fully saturated rings. The molecule has 2 aromatic carbocycles. The number of hydrogen-bond acceptors (Lipinski definition) is 5. The van der Waals surface area contributed by atoms with Gasteiger partial charge in [0.15, 0.2) is 11.5 Å². The Labute approximate surface area is 169 Å². The molecule has 0 aliphatic rings. The Kier molecular flexibility index (Phi) is 7.59. The Hall–Kier alpha value is -3.55. The van der Waals surface area contributed by atoms with E-state index >= 15 is 0 Å². The molecule has 0 aliphatic heterocycles. The van der Waals surface area contributed by atoms with Gasteiger partial charge in [-0.2, -0.15) is 0 Å². The van der Waals surface area contributed by atoms with Crippen LogP contribution in [0, 0.1) is 0 Å². The van der Waals surface area contributed by atoms with Crippen molar-refractivity contribution in [3.05, 3.63) is 53.6 Å². The Morgan fingerprint density at radius 2 is 1.66 bits per heavy atom. The summed E-state index contributed by atoms with van der Waals surface area (Å²) < 4.78 is 10.9. The fraction of sp³-hybridized carbons (Fsp3) is 0.286. The maximum atomic E-state index is 12.3. The van der Waals surface area contributed by atoms with E-state index in [0.29, 0.717) is 22.7 Å². The summed E-state index contributed by atoms with van der Waals surface area (Å²) in [5.41, 5.74) is 6.46. The highest BCUT2D eigenvalue weighted by Crippen LogP contribution is 2.28. The smallest absolute Gasteiger partial charge is 0.269 e. The number of hydrazine groups is 1. The van der Waals surface area contributed by atoms with E-state index in [0.717, 1.165) is 5.56 Å². The summed E-state index contributed by atoms with van der Waals surface area (Å²) in [5, 5.41) is 2.65. The number of rotatable bonds is 7. The Balaban J connectivity index is 1.91. The van der Waals surface area contributed by atoms with E-state index in [2.05, 4.69) is 16.2 Å². The maximum Gasteiger partial charge on any atom is 0.269 e. The van der Waals surface area contributed by atoms with Gasteiger partial charge in [-0.3, -0.25) is 25.2 Å². The van der Waals surface area contributed by atoms with Crippen LogP contribution >= 0.6 is 0 Å². The molecule has 0 saturated carbocycles. The van der Waals surface area contributed by atoms with Gasteiger partial charge in [-0.1, -0.05) is 12.1 Å². The SMILES string of the molecule is COc1cc(C(=O)NNC(=O)Cc2ccc(NC(C)=O)cc2)ccc1OC(C)C. The van der Waals surface area contributed by atoms with Gasteiger partial charge < -0.3 is 14.8 Å². The van der Waals surface area contributed by atoms with E-state index in [1.54, 1.807) is 42.5 Å². The van der Waals surface area contributed by atoms with Crippen molar-refractivity contribution in [1.82, 2.24) is 10.9 Å². The van der Waals surface area contributed by atoms with Crippen LogP contribution in [0.5, 0.6) is 11.5 Å². The zero-order valence-corrected chi connectivity index (χ0v) is 16.9. The van der Waals surface area contributed by atoms with Crippen molar-refractivity contribution in [3.8, 4) is 11.5 Å². The quantitative estimate of drug-likeness (QED) is 0.620. The average Bonchev–Trinajstić information content (AvgIpc) is 2.67. The Morgan fingerprint density at radius 1 is 0.966 bits per heavy atom. The van der Waals surface area contributed by atoms with E-state index in [9.17, 15) is 14.4 Å². The van der Waals surface area contributed by atoms with Gasteiger partial charge in [0.25, 0.3) is 5.91 Å². The summed E-state index contributed by atoms with van der Waals surface area (Å²) in [5.74, 6) is -0.0625. The monoisotopic (exact) mass is 399 g/mol. The van der Waals surface area contributed by atoms with Gasteiger partial charge >= 0.3 is 0 Å². The van der Waals surface area contributed by atoms with E-state index in [4.69, 9.17) is 9.47 Å². The zero-order valence-electron chi connectivity index (χ0n) is 16.9. The number of amides is 3. The van der Waals surface area contributed by atoms with Crippen LogP contribution in [0.4, 0.5) is 5.69 Å². The summed E-state index contributed by atoms with van der Waals surface area (Å²) in [6, 6.07) is 11.6. The van der Waals surface area contributed by atoms with Crippen LogP contribution in [0.1, 0.15) is 36.7 Å². The molecule has 0 heterocycles. The third-order valence-corrected chi connectivity index (χ3v) is 3.74. The van der Waals surface area contributed by atoms with Gasteiger partial charge in [0, 0.05) is 18.2 Å². The van der Waals surface area contributed by atoms with Crippen molar-refractivity contribution in [2.24, 2.45) is 0 Å². The molecule has 0 atom stereocenters. The lowest BCUT2D eigenvalue weighted by Gasteiger charge is -2.14. The third kappa shape index (κ3) is 6.84. The molecule has 0 radical (unpaired) electrons. The fourth-order valence-electron chi connectivity index (χ4n) is 2.50. The second kappa shape index (κ2) is 10.1. The number of anilines is 1. The van der Waals surface area contributed by atoms with Crippen molar-refractivity contribution < 1.29 is 23.9 Å². The number of benzene rings is 2. The van der Waals surface area contributed by atoms with Crippen molar-refractivity contribution in [1.29, 1.82) is 0 Å². The maximum absolute atomic E-state index is 12.3. The standard InChI is InChI=1S/C21H25N3O5/c1-13(2)29-18-10-7-16(12-19(18)28-4)21(27)24-23-20(26)11-15-5-8-17(9-6-15)22-14(3)25/h5-10,12-13H,11H2,1-4H3,(H,22,25)(H,23,26)(H,24,27). The summed E-state index contributed by atoms with van der Waals surface area (Å²) in [6.07, 6.45) is 0.0423. The van der Waals surface area contributed by atoms with Crippen LogP contribution in [-0.4, -0.2) is 30.9 Å². The van der Waals surface area contributed by atoms with Gasteiger partial charge in [0.05, 0.1) is 19.6 Å². The predicted molar refractivity (Wildman–Crippen MR) is 109 cm³/mol. The average molecular weight is 399 g/mol. The number of methoxy groups -OCH3 is 1. The molecule has 0 aromatic heterocycles. The minimum absolute atomic E-state index is 0.0322. The first-order valence-corrected chi connectivity index (χ1v) is 9.09. The van der Waals surface area contributed by atoms with Gasteiger partial charge in [-0.05, 0) is 49.7 Å². The number of ether oxygens (including phenoxy) is 2. The molecule has 0 saturated heterocycles. The lowest BCUT2D eigenvalue weighted by molar-refractivity contribution is -0.121. The van der Waals surface area contributed by atoms with Crippen molar-refractivity contribution >= 4 is 23.4 Å². The van der Waals surface area contributed by atoms with Gasteiger partial charge in [-0.15, -0.1) is 0 Å². The van der Waals surface area contributed by atoms with Gasteiger partial charge in [0.2, 0.25) is 11.8 Å². The Morgan fingerprint density at radius 3 is 2.24 bits per heavy atom. The summed E-state index contributed by atoms with van der Waals surface area (Å²) in [4.78, 5) is 35.4. The Bertz CT molecular complexity index is 878. The fourth-order valence-corrected chi connectivity index (χ4v) is 2.50. The topological polar surface area (TPSA) is 106 Å². The number of hydrogen-bond donors (Lipinski definition) is 3. The number of nitrogens with one attached hydrogen (secondary N) is 3. The molecule has 3 amide bonds. The summed E-state index contributed by atoms with van der Waals surface area (Å²) >= 11 is 0. The van der Waals surface area contributed by atoms with Gasteiger partial charge in [-0.25, -0.2) is 0 Å². The first-order valence-electron chi connectivity index (χ1n) is 9.09. The number of carbonyl (C=O) groups excluding carboxylic acids is 3. The highest BCUT2D eigenvalue weighted by atomic mass is 16.5. The van der Waals surface area contributed by atoms with Crippen molar-refractivity contribution in [2.45, 2.75) is 33.3 Å². The molecule has 154 valence electrons. The minimum atomic E-state index is -0.478. The van der Waals surface area contributed by atoms with Crippen LogP contribution in [0.25, 0.3) is 0 Å². The molecule has 8 heteroatoms. The lowest BCUT2D eigenvalue weighted by atomic mass is 10.1. The second-order valence-corrected chi connectivity index (χ2v) is 6.59. The first kappa shape index (κ1) is 21.7. The molecule has 0 unspecified atom stereocenters. The van der Waals surface area contributed by atoms with Crippen molar-refractivity contribution in [2.75, 3.05) is 12.4 Å². The first-order chi connectivity index (χ1) is 13.8. The van der Waals surface area contributed by atoms with Crippen LogP contribution in [-0.2, 0) is 16.0 Å². The van der Waals surface area contributed by atoms with E-state index in [1.165, 1.54) is 14.0 Å². The highest BCUT2D eigenvalue weighted by Gasteiger charge is 2.13. The third-order valence-electron chi connectivity index (χ3n) is 3.74. The molecule has 3 N–H and O–H groups in total. The molecule has 0 spiro atoms. The molecule has 8 nitrogen and oxygen atoms in total. The van der Waals surface area contributed by atoms with E-state index in [1.807, 2.05) is 13.8 Å². The summed E-state index contributed by atoms with van der Waals surface area (Å²) in [6.45, 7) is 5.20. The van der Waals surface area contributed by atoms with E-state index < -0.39 is 5.91 Å². The molecular formula is C21H25N3O5. The molecule has 29 heavy (non-hydrogen) atoms. The van der Waals surface area contributed by atoms with Crippen LogP contribution < -0.4 is 25.6 Å². The largest absolute Gasteiger partial charge is 0.493 e. The molecular weight excluding hydrogens is 374 g/mol. The second-order valence-electron chi connectivity index (χ2n) is 6.59. The highest BCUT2D eigenvalue weighted by molar-refractivity contribution is 5.96. The molecule has 0 bridgehead atoms. The van der Waals surface area contributed by atoms with Gasteiger partial charge in [0.1, 0.15) is 0 Å². The van der Waals surface area contributed by atoms with Crippen LogP contribution in [0.15, 0.2) is 42.5 Å². The normalized spacial score (nSPS) is 10.2. The molecule has 0 aliphatic carbocycles. The zero-order chi connectivity index (χ0) is 21.4. The lowest BCUT2D eigenvalue weighted by Crippen LogP contribution is -2.42. The summed E-state index contributed by atoms with van der Waals surface area (Å²) in [7, 11) is 1.49. The molecule has 2 aromatic rings. The predicted octanol–water partition coefficient (Wildman–Crippen LogP) is 2.44. The number of carbonyl (C=O) groups is 3. The van der Waals surface area contributed by atoms with Crippen LogP contribution in [0.3, 0.4) is 0 Å². The van der Waals surface area contributed by atoms with Crippen molar-refractivity contribution in [3.63, 3.8) is 0 Å². The van der Waals surface area contributed by atoms with Crippen LogP contribution in [0.2, 0.25) is 0 Å². The molecule has 2 rings (SSSR count). The minimum Gasteiger partial charge on any atom is -0.493 e.